The Kier molecular flexibility index (Phi) is 10.1. The number of nitrogens with one attached hydrogen (secondary N) is 2. The second-order valence-electron chi connectivity index (χ2n) is 9.64. The molecule has 0 radical (unpaired) electrons. The van der Waals surface area contributed by atoms with E-state index >= 15 is 0 Å². The van der Waals surface area contributed by atoms with Crippen LogP contribution < -0.4 is 15.4 Å². The van der Waals surface area contributed by atoms with Crippen LogP contribution in [0.2, 0.25) is 0 Å². The lowest BCUT2D eigenvalue weighted by Gasteiger charge is -2.25. The van der Waals surface area contributed by atoms with Gasteiger partial charge in [-0.25, -0.2) is 0 Å². The fraction of sp³-hybridized carbons (Fsp3) is 0.250. The van der Waals surface area contributed by atoms with E-state index in [4.69, 9.17) is 9.15 Å². The topological polar surface area (TPSA) is 104 Å². The molecule has 2 atom stereocenters. The van der Waals surface area contributed by atoms with Crippen molar-refractivity contribution in [3.05, 3.63) is 125 Å². The Bertz CT molecular complexity index is 1370. The zero-order valence-electron chi connectivity index (χ0n) is 22.7. The van der Waals surface area contributed by atoms with Crippen molar-refractivity contribution < 1.29 is 23.8 Å². The molecular weight excluding hydrogens is 506 g/mol. The summed E-state index contributed by atoms with van der Waals surface area (Å²) in [4.78, 5) is 27.8. The first-order valence-electron chi connectivity index (χ1n) is 13.2. The Morgan fingerprint density at radius 3 is 2.42 bits per heavy atom. The first-order valence-corrected chi connectivity index (χ1v) is 13.2. The molecule has 4 rings (SSSR count). The van der Waals surface area contributed by atoms with Gasteiger partial charge in [-0.1, -0.05) is 48.5 Å². The van der Waals surface area contributed by atoms with Crippen LogP contribution in [0.4, 0.5) is 0 Å². The van der Waals surface area contributed by atoms with Gasteiger partial charge in [0.05, 0.1) is 32.1 Å². The highest BCUT2D eigenvalue weighted by Crippen LogP contribution is 2.14. The summed E-state index contributed by atoms with van der Waals surface area (Å²) in [5, 5.41) is 17.4. The van der Waals surface area contributed by atoms with Crippen LogP contribution in [0.25, 0.3) is 0 Å². The van der Waals surface area contributed by atoms with Crippen molar-refractivity contribution in [1.29, 1.82) is 0 Å². The molecule has 0 aliphatic rings. The summed E-state index contributed by atoms with van der Waals surface area (Å²) in [6.45, 7) is 1.12. The van der Waals surface area contributed by atoms with Gasteiger partial charge in [-0.2, -0.15) is 0 Å². The number of carbonyl (C=O) groups excluding carboxylic acids is 2. The van der Waals surface area contributed by atoms with Crippen molar-refractivity contribution in [3.63, 3.8) is 0 Å². The molecular formula is C32H35N3O5. The molecule has 1 aromatic heterocycles. The molecule has 4 aromatic rings. The van der Waals surface area contributed by atoms with Crippen molar-refractivity contribution in [2.75, 3.05) is 20.7 Å². The second kappa shape index (κ2) is 14.1. The van der Waals surface area contributed by atoms with Gasteiger partial charge in [0.2, 0.25) is 0 Å². The molecule has 0 aliphatic carbocycles. The van der Waals surface area contributed by atoms with E-state index < -0.39 is 12.1 Å². The lowest BCUT2D eigenvalue weighted by atomic mass is 10.00. The smallest absolute Gasteiger partial charge is 0.254 e. The van der Waals surface area contributed by atoms with Crippen LogP contribution in [-0.2, 0) is 19.5 Å². The third kappa shape index (κ3) is 8.05. The van der Waals surface area contributed by atoms with Gasteiger partial charge in [-0.3, -0.25) is 9.59 Å². The highest BCUT2D eigenvalue weighted by atomic mass is 16.5. The molecule has 0 unspecified atom stereocenters. The summed E-state index contributed by atoms with van der Waals surface area (Å²) in [7, 11) is 3.31. The van der Waals surface area contributed by atoms with Crippen molar-refractivity contribution in [3.8, 4) is 5.75 Å². The van der Waals surface area contributed by atoms with Crippen LogP contribution in [0.15, 0.2) is 102 Å². The van der Waals surface area contributed by atoms with E-state index in [0.29, 0.717) is 36.4 Å². The number of aliphatic hydroxyl groups is 1. The maximum atomic E-state index is 13.3. The number of hydrogen-bond donors (Lipinski definition) is 3. The molecule has 1 heterocycles. The lowest BCUT2D eigenvalue weighted by Crippen LogP contribution is -2.48. The highest BCUT2D eigenvalue weighted by Gasteiger charge is 2.23. The summed E-state index contributed by atoms with van der Waals surface area (Å²) in [6, 6.07) is 27.0. The van der Waals surface area contributed by atoms with Gasteiger partial charge in [0.15, 0.2) is 0 Å². The molecule has 3 aromatic carbocycles. The molecule has 2 amide bonds. The van der Waals surface area contributed by atoms with Crippen LogP contribution in [0.3, 0.4) is 0 Å². The fourth-order valence-corrected chi connectivity index (χ4v) is 4.41. The second-order valence-corrected chi connectivity index (χ2v) is 9.64. The minimum Gasteiger partial charge on any atom is -0.497 e. The predicted molar refractivity (Wildman–Crippen MR) is 153 cm³/mol. The standard InChI is InChI=1S/C32H35N3O5/c1-35(22-28-15-8-16-40-28)32(38)26-13-7-12-25(19-26)31(37)34-29(18-23-9-4-3-5-10-23)30(36)21-33-20-24-11-6-14-27(17-24)39-2/h3-17,19,29-30,33,36H,18,20-22H2,1-2H3,(H,34,37)/t29-,30+/m0/s1. The summed E-state index contributed by atoms with van der Waals surface area (Å²) in [5.74, 6) is 0.842. The Balaban J connectivity index is 1.42. The number of rotatable bonds is 13. The molecule has 40 heavy (non-hydrogen) atoms. The van der Waals surface area contributed by atoms with E-state index in [0.717, 1.165) is 16.9 Å². The van der Waals surface area contributed by atoms with E-state index in [9.17, 15) is 14.7 Å². The quantitative estimate of drug-likeness (QED) is 0.236. The minimum absolute atomic E-state index is 0.228. The van der Waals surface area contributed by atoms with Crippen LogP contribution in [0.5, 0.6) is 5.75 Å². The van der Waals surface area contributed by atoms with Crippen LogP contribution in [-0.4, -0.2) is 54.7 Å². The Labute approximate surface area is 234 Å². The van der Waals surface area contributed by atoms with Crippen LogP contribution >= 0.6 is 0 Å². The number of hydrogen-bond acceptors (Lipinski definition) is 6. The van der Waals surface area contributed by atoms with Gasteiger partial charge in [0, 0.05) is 31.3 Å². The Hall–Kier alpha value is -4.40. The van der Waals surface area contributed by atoms with Gasteiger partial charge < -0.3 is 29.8 Å². The van der Waals surface area contributed by atoms with E-state index in [1.807, 2.05) is 54.6 Å². The maximum Gasteiger partial charge on any atom is 0.254 e. The molecule has 0 spiro atoms. The third-order valence-corrected chi connectivity index (χ3v) is 6.59. The molecule has 8 heteroatoms. The zero-order chi connectivity index (χ0) is 28.3. The highest BCUT2D eigenvalue weighted by molar-refractivity contribution is 5.99. The number of nitrogens with zero attached hydrogens (tertiary/aromatic N) is 1. The number of carbonyl (C=O) groups is 2. The van der Waals surface area contributed by atoms with Crippen molar-refractivity contribution in [2.45, 2.75) is 31.7 Å². The first kappa shape index (κ1) is 28.6. The molecule has 0 bridgehead atoms. The van der Waals surface area contributed by atoms with Gasteiger partial charge in [-0.15, -0.1) is 0 Å². The first-order chi connectivity index (χ1) is 19.4. The monoisotopic (exact) mass is 541 g/mol. The average molecular weight is 542 g/mol. The summed E-state index contributed by atoms with van der Waals surface area (Å²) in [5.41, 5.74) is 2.74. The molecule has 0 fully saturated rings. The molecule has 3 N–H and O–H groups in total. The van der Waals surface area contributed by atoms with Gasteiger partial charge in [0.25, 0.3) is 11.8 Å². The summed E-state index contributed by atoms with van der Waals surface area (Å²) >= 11 is 0. The van der Waals surface area contributed by atoms with Gasteiger partial charge in [0.1, 0.15) is 11.5 Å². The van der Waals surface area contributed by atoms with Gasteiger partial charge in [-0.05, 0) is 60.0 Å². The molecule has 0 saturated heterocycles. The van der Waals surface area contributed by atoms with Crippen molar-refractivity contribution >= 4 is 11.8 Å². The fourth-order valence-electron chi connectivity index (χ4n) is 4.41. The maximum absolute atomic E-state index is 13.3. The van der Waals surface area contributed by atoms with Crippen molar-refractivity contribution in [1.82, 2.24) is 15.5 Å². The zero-order valence-corrected chi connectivity index (χ0v) is 22.7. The predicted octanol–water partition coefficient (Wildman–Crippen LogP) is 4.05. The van der Waals surface area contributed by atoms with Crippen molar-refractivity contribution in [2.24, 2.45) is 0 Å². The van der Waals surface area contributed by atoms with E-state index in [2.05, 4.69) is 10.6 Å². The molecule has 8 nitrogen and oxygen atoms in total. The SMILES string of the molecule is COc1cccc(CNC[C@@H](O)[C@H](Cc2ccccc2)NC(=O)c2cccc(C(=O)N(C)Cc3ccco3)c2)c1. The number of benzene rings is 3. The number of aliphatic hydroxyl groups excluding tert-OH is 1. The lowest BCUT2D eigenvalue weighted by molar-refractivity contribution is 0.0775. The largest absolute Gasteiger partial charge is 0.497 e. The van der Waals surface area contributed by atoms with E-state index in [-0.39, 0.29) is 18.4 Å². The van der Waals surface area contributed by atoms with E-state index in [1.165, 1.54) is 4.90 Å². The number of furan rings is 1. The Morgan fingerprint density at radius 2 is 1.68 bits per heavy atom. The van der Waals surface area contributed by atoms with Gasteiger partial charge >= 0.3 is 0 Å². The molecule has 208 valence electrons. The average Bonchev–Trinajstić information content (AvgIpc) is 3.50. The molecule has 0 saturated carbocycles. The Morgan fingerprint density at radius 1 is 0.925 bits per heavy atom. The summed E-state index contributed by atoms with van der Waals surface area (Å²) in [6.07, 6.45) is 1.14. The van der Waals surface area contributed by atoms with E-state index in [1.54, 1.807) is 56.8 Å². The molecule has 0 aliphatic heterocycles. The third-order valence-electron chi connectivity index (χ3n) is 6.59. The van der Waals surface area contributed by atoms with Crippen LogP contribution in [0, 0.1) is 0 Å². The normalized spacial score (nSPS) is 12.4. The van der Waals surface area contributed by atoms with Crippen LogP contribution in [0.1, 0.15) is 37.6 Å². The number of amides is 2. The minimum atomic E-state index is -0.862. The number of ether oxygens (including phenoxy) is 1. The number of methoxy groups -OCH3 is 1. The summed E-state index contributed by atoms with van der Waals surface area (Å²) < 4.78 is 10.6.